The maximum atomic E-state index is 10.2. The topological polar surface area (TPSA) is 70.6 Å². The number of nitrogens with zero attached hydrogens (tertiary/aromatic N) is 1. The summed E-state index contributed by atoms with van der Waals surface area (Å²) in [6, 6.07) is 4.11. The van der Waals surface area contributed by atoms with Crippen LogP contribution in [-0.2, 0) is 5.60 Å². The van der Waals surface area contributed by atoms with Crippen LogP contribution < -0.4 is 11.1 Å². The third kappa shape index (κ3) is 4.36. The summed E-state index contributed by atoms with van der Waals surface area (Å²) in [5, 5.41) is 15.2. The smallest absolute Gasteiger partial charge is 0.188 e. The van der Waals surface area contributed by atoms with Crippen LogP contribution in [0.3, 0.4) is 0 Å². The Balaban J connectivity index is 2.57. The van der Waals surface area contributed by atoms with E-state index in [1.807, 2.05) is 24.4 Å². The molecule has 17 heavy (non-hydrogen) atoms. The first kappa shape index (κ1) is 14.0. The average molecular weight is 255 g/mol. The Kier molecular flexibility index (Phi) is 4.96. The van der Waals surface area contributed by atoms with Crippen molar-refractivity contribution in [3.05, 3.63) is 22.4 Å². The number of nitrogens with one attached hydrogen (secondary N) is 1. The summed E-state index contributed by atoms with van der Waals surface area (Å²) in [5.41, 5.74) is 4.79. The highest BCUT2D eigenvalue weighted by Gasteiger charge is 2.23. The second-order valence-electron chi connectivity index (χ2n) is 4.41. The number of hydrogen-bond donors (Lipinski definition) is 3. The van der Waals surface area contributed by atoms with Gasteiger partial charge >= 0.3 is 0 Å². The number of aliphatic imine (C=N–C) groups is 1. The number of aliphatic hydroxyl groups is 1. The standard InChI is InChI=1S/C12H21N3OS/c1-4-9(2)15-11(13)14-8-12(3,16)10-6-5-7-17-10/h5-7,9,16H,4,8H2,1-3H3,(H3,13,14,15). The predicted molar refractivity (Wildman–Crippen MR) is 73.3 cm³/mol. The normalized spacial score (nSPS) is 17.5. The molecule has 1 aromatic rings. The lowest BCUT2D eigenvalue weighted by molar-refractivity contribution is 0.0712. The highest BCUT2D eigenvalue weighted by molar-refractivity contribution is 7.10. The molecule has 0 saturated heterocycles. The summed E-state index contributed by atoms with van der Waals surface area (Å²) in [6.07, 6.45) is 0.984. The molecule has 0 aliphatic rings. The highest BCUT2D eigenvalue weighted by atomic mass is 32.1. The van der Waals surface area contributed by atoms with Crippen LogP contribution in [0.1, 0.15) is 32.1 Å². The van der Waals surface area contributed by atoms with Gasteiger partial charge in [0.15, 0.2) is 5.96 Å². The van der Waals surface area contributed by atoms with Crippen molar-refractivity contribution in [3.8, 4) is 0 Å². The number of nitrogens with two attached hydrogens (primary N) is 1. The second kappa shape index (κ2) is 6.02. The Morgan fingerprint density at radius 2 is 2.41 bits per heavy atom. The van der Waals surface area contributed by atoms with Crippen molar-refractivity contribution < 1.29 is 5.11 Å². The van der Waals surface area contributed by atoms with Crippen LogP contribution >= 0.6 is 11.3 Å². The summed E-state index contributed by atoms with van der Waals surface area (Å²) in [6.45, 7) is 6.13. The summed E-state index contributed by atoms with van der Waals surface area (Å²) in [7, 11) is 0. The van der Waals surface area contributed by atoms with Gasteiger partial charge in [-0.05, 0) is 31.7 Å². The van der Waals surface area contributed by atoms with Gasteiger partial charge in [0, 0.05) is 10.9 Å². The van der Waals surface area contributed by atoms with E-state index >= 15 is 0 Å². The third-order valence-corrected chi connectivity index (χ3v) is 3.74. The lowest BCUT2D eigenvalue weighted by atomic mass is 10.1. The fourth-order valence-corrected chi connectivity index (χ4v) is 2.08. The minimum Gasteiger partial charge on any atom is -0.383 e. The van der Waals surface area contributed by atoms with Crippen LogP contribution in [0.2, 0.25) is 0 Å². The van der Waals surface area contributed by atoms with Gasteiger partial charge in [0.05, 0.1) is 6.54 Å². The van der Waals surface area contributed by atoms with Crippen LogP contribution in [0.4, 0.5) is 0 Å². The van der Waals surface area contributed by atoms with Crippen LogP contribution in [0.5, 0.6) is 0 Å². The van der Waals surface area contributed by atoms with E-state index in [1.165, 1.54) is 11.3 Å². The molecule has 0 fully saturated rings. The molecule has 0 aromatic carbocycles. The minimum absolute atomic E-state index is 0.267. The lowest BCUT2D eigenvalue weighted by Gasteiger charge is -2.20. The monoisotopic (exact) mass is 255 g/mol. The molecule has 0 aliphatic heterocycles. The average Bonchev–Trinajstić information content (AvgIpc) is 2.80. The summed E-state index contributed by atoms with van der Waals surface area (Å²) < 4.78 is 0. The number of hydrogen-bond acceptors (Lipinski definition) is 3. The zero-order chi connectivity index (χ0) is 12.9. The van der Waals surface area contributed by atoms with Gasteiger partial charge < -0.3 is 16.2 Å². The first-order chi connectivity index (χ1) is 7.95. The molecule has 4 N–H and O–H groups in total. The Labute approximate surface area is 107 Å². The van der Waals surface area contributed by atoms with Crippen molar-refractivity contribution in [2.24, 2.45) is 10.7 Å². The SMILES string of the molecule is CCC(C)NC(N)=NCC(C)(O)c1cccs1. The molecule has 0 bridgehead atoms. The maximum Gasteiger partial charge on any atom is 0.188 e. The molecular formula is C12H21N3OS. The number of rotatable bonds is 5. The molecule has 1 aromatic heterocycles. The summed E-state index contributed by atoms with van der Waals surface area (Å²) in [4.78, 5) is 5.08. The first-order valence-corrected chi connectivity index (χ1v) is 6.66. The molecule has 0 spiro atoms. The quantitative estimate of drug-likeness (QED) is 0.553. The van der Waals surface area contributed by atoms with Gasteiger partial charge in [-0.3, -0.25) is 4.99 Å². The Morgan fingerprint density at radius 3 is 2.94 bits per heavy atom. The zero-order valence-electron chi connectivity index (χ0n) is 10.6. The molecule has 96 valence electrons. The van der Waals surface area contributed by atoms with Crippen LogP contribution in [0, 0.1) is 0 Å². The van der Waals surface area contributed by atoms with E-state index in [2.05, 4.69) is 17.2 Å². The third-order valence-electron chi connectivity index (χ3n) is 2.62. The van der Waals surface area contributed by atoms with Gasteiger partial charge in [-0.15, -0.1) is 11.3 Å². The van der Waals surface area contributed by atoms with Crippen molar-refractivity contribution in [3.63, 3.8) is 0 Å². The molecule has 5 heteroatoms. The second-order valence-corrected chi connectivity index (χ2v) is 5.35. The summed E-state index contributed by atoms with van der Waals surface area (Å²) >= 11 is 1.52. The molecule has 0 radical (unpaired) electrons. The molecule has 0 saturated carbocycles. The Hall–Kier alpha value is -1.07. The van der Waals surface area contributed by atoms with E-state index < -0.39 is 5.60 Å². The van der Waals surface area contributed by atoms with Gasteiger partial charge in [0.25, 0.3) is 0 Å². The zero-order valence-corrected chi connectivity index (χ0v) is 11.4. The summed E-state index contributed by atoms with van der Waals surface area (Å²) in [5.74, 6) is 0.385. The minimum atomic E-state index is -0.948. The van der Waals surface area contributed by atoms with Gasteiger partial charge in [-0.2, -0.15) is 0 Å². The molecule has 2 atom stereocenters. The molecular weight excluding hydrogens is 234 g/mol. The van der Waals surface area contributed by atoms with Crippen LogP contribution in [0.15, 0.2) is 22.5 Å². The molecule has 4 nitrogen and oxygen atoms in total. The van der Waals surface area contributed by atoms with E-state index in [9.17, 15) is 5.11 Å². The van der Waals surface area contributed by atoms with Crippen LogP contribution in [-0.4, -0.2) is 23.7 Å². The maximum absolute atomic E-state index is 10.2. The van der Waals surface area contributed by atoms with Crippen molar-refractivity contribution >= 4 is 17.3 Å². The first-order valence-electron chi connectivity index (χ1n) is 5.78. The number of guanidine groups is 1. The van der Waals surface area contributed by atoms with Gasteiger partial charge in [-0.1, -0.05) is 13.0 Å². The predicted octanol–water partition coefficient (Wildman–Crippen LogP) is 1.66. The molecule has 0 aliphatic carbocycles. The lowest BCUT2D eigenvalue weighted by Crippen LogP contribution is -2.39. The van der Waals surface area contributed by atoms with E-state index in [4.69, 9.17) is 5.73 Å². The largest absolute Gasteiger partial charge is 0.383 e. The van der Waals surface area contributed by atoms with Crippen molar-refractivity contribution in [2.45, 2.75) is 38.8 Å². The van der Waals surface area contributed by atoms with E-state index in [0.29, 0.717) is 12.0 Å². The molecule has 1 heterocycles. The molecule has 1 rings (SSSR count). The fraction of sp³-hybridized carbons (Fsp3) is 0.583. The Morgan fingerprint density at radius 1 is 1.71 bits per heavy atom. The van der Waals surface area contributed by atoms with Crippen LogP contribution in [0.25, 0.3) is 0 Å². The van der Waals surface area contributed by atoms with Gasteiger partial charge in [0.2, 0.25) is 0 Å². The van der Waals surface area contributed by atoms with E-state index in [0.717, 1.165) is 11.3 Å². The van der Waals surface area contributed by atoms with Crippen molar-refractivity contribution in [2.75, 3.05) is 6.54 Å². The van der Waals surface area contributed by atoms with Gasteiger partial charge in [0.1, 0.15) is 5.60 Å². The molecule has 2 unspecified atom stereocenters. The number of thiophene rings is 1. The van der Waals surface area contributed by atoms with Crippen molar-refractivity contribution in [1.82, 2.24) is 5.32 Å². The van der Waals surface area contributed by atoms with E-state index in [-0.39, 0.29) is 6.54 Å². The van der Waals surface area contributed by atoms with Gasteiger partial charge in [-0.25, -0.2) is 0 Å². The van der Waals surface area contributed by atoms with E-state index in [1.54, 1.807) is 6.92 Å². The fourth-order valence-electron chi connectivity index (χ4n) is 1.30. The Bertz CT molecular complexity index is 360. The van der Waals surface area contributed by atoms with Crippen molar-refractivity contribution in [1.29, 1.82) is 0 Å². The molecule has 0 amide bonds. The highest BCUT2D eigenvalue weighted by Crippen LogP contribution is 2.25.